The van der Waals surface area contributed by atoms with Crippen LogP contribution in [-0.2, 0) is 38.3 Å². The summed E-state index contributed by atoms with van der Waals surface area (Å²) in [5, 5.41) is 0. The van der Waals surface area contributed by atoms with Crippen molar-refractivity contribution in [3.05, 3.63) is 28.3 Å². The number of hydrogen-bond acceptors (Lipinski definition) is 5. The normalized spacial score (nSPS) is 39.4. The highest BCUT2D eigenvalue weighted by molar-refractivity contribution is 5.80. The number of benzene rings is 1. The van der Waals surface area contributed by atoms with Gasteiger partial charge >= 0.3 is 11.9 Å². The molecule has 5 aliphatic rings. The van der Waals surface area contributed by atoms with Gasteiger partial charge in [0.1, 0.15) is 17.5 Å². The Morgan fingerprint density at radius 2 is 1.89 bits per heavy atom. The number of ether oxygens (including phenoxy) is 3. The van der Waals surface area contributed by atoms with Gasteiger partial charge in [-0.25, -0.2) is 0 Å². The van der Waals surface area contributed by atoms with Crippen molar-refractivity contribution in [2.24, 2.45) is 11.8 Å². The molecule has 5 nitrogen and oxygen atoms in total. The van der Waals surface area contributed by atoms with E-state index in [1.165, 1.54) is 22.3 Å². The first kappa shape index (κ1) is 17.0. The number of carbonyl (C=O) groups is 2. The monoisotopic (exact) mass is 382 g/mol. The second kappa shape index (κ2) is 5.18. The fraction of sp³-hybridized carbons (Fsp3) is 0.652. The van der Waals surface area contributed by atoms with E-state index in [9.17, 15) is 9.59 Å². The minimum absolute atomic E-state index is 0.0666. The SMILES string of the molecule is C[C@@H]1C(=O)Oc2cc3c(c4c2[C@@H]1CC4)CC[C@H]1C(C)(C)O[C@@H]2CC(=O)O[C@@]21C3. The summed E-state index contributed by atoms with van der Waals surface area (Å²) in [5.41, 5.74) is 4.36. The molecule has 6 rings (SSSR count). The molecule has 28 heavy (non-hydrogen) atoms. The van der Waals surface area contributed by atoms with Crippen molar-refractivity contribution in [2.75, 3.05) is 0 Å². The molecule has 1 aromatic carbocycles. The minimum Gasteiger partial charge on any atom is -0.455 e. The van der Waals surface area contributed by atoms with Gasteiger partial charge in [0.25, 0.3) is 0 Å². The van der Waals surface area contributed by atoms with E-state index in [1.54, 1.807) is 0 Å². The van der Waals surface area contributed by atoms with E-state index in [1.807, 2.05) is 6.92 Å². The molecule has 2 fully saturated rings. The van der Waals surface area contributed by atoms with E-state index in [-0.39, 0.29) is 41.4 Å². The zero-order valence-corrected chi connectivity index (χ0v) is 16.7. The fourth-order valence-electron chi connectivity index (χ4n) is 6.95. The first-order valence-electron chi connectivity index (χ1n) is 10.6. The fourth-order valence-corrected chi connectivity index (χ4v) is 6.95. The van der Waals surface area contributed by atoms with Crippen LogP contribution >= 0.6 is 0 Å². The van der Waals surface area contributed by atoms with E-state index < -0.39 is 5.60 Å². The molecule has 0 aromatic heterocycles. The Morgan fingerprint density at radius 3 is 2.71 bits per heavy atom. The van der Waals surface area contributed by atoms with E-state index in [2.05, 4.69) is 19.9 Å². The van der Waals surface area contributed by atoms with Crippen molar-refractivity contribution in [3.63, 3.8) is 0 Å². The predicted molar refractivity (Wildman–Crippen MR) is 100 cm³/mol. The summed E-state index contributed by atoms with van der Waals surface area (Å²) >= 11 is 0. The minimum atomic E-state index is -0.587. The number of fused-ring (bicyclic) bond motifs is 2. The predicted octanol–water partition coefficient (Wildman–Crippen LogP) is 3.24. The number of rotatable bonds is 0. The van der Waals surface area contributed by atoms with Gasteiger partial charge in [-0.2, -0.15) is 0 Å². The Kier molecular flexibility index (Phi) is 3.15. The molecule has 0 N–H and O–H groups in total. The van der Waals surface area contributed by atoms with Crippen LogP contribution in [0.3, 0.4) is 0 Å². The smallest absolute Gasteiger partial charge is 0.314 e. The van der Waals surface area contributed by atoms with Crippen molar-refractivity contribution in [3.8, 4) is 5.75 Å². The van der Waals surface area contributed by atoms with Gasteiger partial charge in [-0.05, 0) is 62.3 Å². The molecule has 0 bridgehead atoms. The second-order valence-corrected chi connectivity index (χ2v) is 9.87. The summed E-state index contributed by atoms with van der Waals surface area (Å²) in [5.74, 6) is 0.861. The highest BCUT2D eigenvalue weighted by Gasteiger charge is 2.66. The molecule has 0 radical (unpaired) electrons. The largest absolute Gasteiger partial charge is 0.455 e. The summed E-state index contributed by atoms with van der Waals surface area (Å²) < 4.78 is 18.1. The van der Waals surface area contributed by atoms with Gasteiger partial charge < -0.3 is 14.2 Å². The molecule has 2 saturated heterocycles. The summed E-state index contributed by atoms with van der Waals surface area (Å²) in [7, 11) is 0. The van der Waals surface area contributed by atoms with Gasteiger partial charge in [-0.15, -0.1) is 0 Å². The molecule has 3 aliphatic heterocycles. The van der Waals surface area contributed by atoms with Crippen molar-refractivity contribution >= 4 is 11.9 Å². The first-order chi connectivity index (χ1) is 13.3. The van der Waals surface area contributed by atoms with Crippen molar-refractivity contribution in [1.29, 1.82) is 0 Å². The molecule has 1 spiro atoms. The van der Waals surface area contributed by atoms with Crippen LogP contribution in [-0.4, -0.2) is 29.2 Å². The Hall–Kier alpha value is -1.88. The van der Waals surface area contributed by atoms with Crippen LogP contribution in [0.5, 0.6) is 5.75 Å². The molecule has 0 saturated carbocycles. The Morgan fingerprint density at radius 1 is 1.11 bits per heavy atom. The maximum atomic E-state index is 12.4. The maximum Gasteiger partial charge on any atom is 0.314 e. The standard InChI is InChI=1S/C23H26O5/c1-11-13-4-5-15-14-6-7-17-22(2,3)27-18-9-19(24)28-23(17,18)10-12(14)8-16(20(13)15)26-21(11)25/h8,11,13,17-18H,4-7,9-10H2,1-3H3/t11-,13+,17-,18+,23+/m0/s1. The molecule has 0 amide bonds. The molecule has 5 atom stereocenters. The highest BCUT2D eigenvalue weighted by atomic mass is 16.6. The Bertz CT molecular complexity index is 931. The molecular weight excluding hydrogens is 356 g/mol. The van der Waals surface area contributed by atoms with Crippen LogP contribution in [0.4, 0.5) is 0 Å². The summed E-state index contributed by atoms with van der Waals surface area (Å²) in [6.45, 7) is 6.25. The van der Waals surface area contributed by atoms with Crippen LogP contribution < -0.4 is 4.74 Å². The molecule has 3 heterocycles. The van der Waals surface area contributed by atoms with Crippen LogP contribution in [0, 0.1) is 11.8 Å². The Balaban J connectivity index is 1.51. The second-order valence-electron chi connectivity index (χ2n) is 9.87. The average molecular weight is 382 g/mol. The van der Waals surface area contributed by atoms with Gasteiger partial charge in [0.05, 0.1) is 17.9 Å². The van der Waals surface area contributed by atoms with Gasteiger partial charge in [0, 0.05) is 23.8 Å². The Labute approximate surface area is 164 Å². The summed E-state index contributed by atoms with van der Waals surface area (Å²) in [4.78, 5) is 24.6. The lowest BCUT2D eigenvalue weighted by Gasteiger charge is -2.35. The molecule has 2 aliphatic carbocycles. The lowest BCUT2D eigenvalue weighted by atomic mass is 9.74. The van der Waals surface area contributed by atoms with Crippen LogP contribution in [0.1, 0.15) is 68.2 Å². The lowest BCUT2D eigenvalue weighted by Crippen LogP contribution is -2.46. The molecular formula is C23H26O5. The van der Waals surface area contributed by atoms with Crippen LogP contribution in [0.2, 0.25) is 0 Å². The van der Waals surface area contributed by atoms with Crippen molar-refractivity contribution in [2.45, 2.75) is 82.5 Å². The third kappa shape index (κ3) is 1.96. The molecule has 5 heteroatoms. The summed E-state index contributed by atoms with van der Waals surface area (Å²) in [6, 6.07) is 2.07. The van der Waals surface area contributed by atoms with E-state index in [0.717, 1.165) is 31.4 Å². The maximum absolute atomic E-state index is 12.4. The zero-order valence-electron chi connectivity index (χ0n) is 16.7. The van der Waals surface area contributed by atoms with E-state index in [4.69, 9.17) is 14.2 Å². The zero-order chi connectivity index (χ0) is 19.4. The number of esters is 2. The van der Waals surface area contributed by atoms with Gasteiger partial charge in [-0.3, -0.25) is 9.59 Å². The van der Waals surface area contributed by atoms with Crippen LogP contribution in [0.15, 0.2) is 6.07 Å². The van der Waals surface area contributed by atoms with E-state index in [0.29, 0.717) is 12.8 Å². The summed E-state index contributed by atoms with van der Waals surface area (Å²) in [6.07, 6.45) is 4.76. The van der Waals surface area contributed by atoms with Gasteiger partial charge in [0.15, 0.2) is 0 Å². The molecule has 1 aromatic rings. The topological polar surface area (TPSA) is 61.8 Å². The average Bonchev–Trinajstić information content (AvgIpc) is 3.18. The van der Waals surface area contributed by atoms with Gasteiger partial charge in [0.2, 0.25) is 0 Å². The van der Waals surface area contributed by atoms with Crippen molar-refractivity contribution < 1.29 is 23.8 Å². The van der Waals surface area contributed by atoms with Gasteiger partial charge in [-0.1, -0.05) is 6.92 Å². The lowest BCUT2D eigenvalue weighted by molar-refractivity contribution is -0.153. The van der Waals surface area contributed by atoms with Crippen molar-refractivity contribution in [1.82, 2.24) is 0 Å². The van der Waals surface area contributed by atoms with Crippen LogP contribution in [0.25, 0.3) is 0 Å². The molecule has 0 unspecified atom stereocenters. The number of carbonyl (C=O) groups excluding carboxylic acids is 2. The number of hydrogen-bond donors (Lipinski definition) is 0. The quantitative estimate of drug-likeness (QED) is 0.509. The highest BCUT2D eigenvalue weighted by Crippen LogP contribution is 2.57. The third-order valence-electron chi connectivity index (χ3n) is 8.14. The van der Waals surface area contributed by atoms with E-state index >= 15 is 0 Å². The third-order valence-corrected chi connectivity index (χ3v) is 8.14. The molecule has 148 valence electrons. The first-order valence-corrected chi connectivity index (χ1v) is 10.6.